The molecule has 0 saturated heterocycles. The number of methoxy groups -OCH3 is 1. The molecule has 1 unspecified atom stereocenters. The van der Waals surface area contributed by atoms with Crippen LogP contribution in [0.25, 0.3) is 0 Å². The smallest absolute Gasteiger partial charge is 0.124 e. The number of aliphatic hydroxyl groups is 1. The summed E-state index contributed by atoms with van der Waals surface area (Å²) in [4.78, 5) is 0. The minimum Gasteiger partial charge on any atom is -0.496 e. The van der Waals surface area contributed by atoms with Gasteiger partial charge >= 0.3 is 0 Å². The van der Waals surface area contributed by atoms with E-state index in [2.05, 4.69) is 24.3 Å². The molecule has 2 rings (SSSR count). The fourth-order valence-electron chi connectivity index (χ4n) is 2.87. The van der Waals surface area contributed by atoms with Crippen molar-refractivity contribution in [2.45, 2.75) is 39.8 Å². The van der Waals surface area contributed by atoms with Gasteiger partial charge in [-0.25, -0.2) is 0 Å². The number of hydrogen-bond donors (Lipinski definition) is 2. The lowest BCUT2D eigenvalue weighted by molar-refractivity contribution is 0.274. The lowest BCUT2D eigenvalue weighted by Crippen LogP contribution is -2.12. The Hall–Kier alpha value is -2.01. The van der Waals surface area contributed by atoms with Gasteiger partial charge in [-0.15, -0.1) is 0 Å². The Morgan fingerprint density at radius 3 is 2.59 bits per heavy atom. The van der Waals surface area contributed by atoms with E-state index >= 15 is 0 Å². The van der Waals surface area contributed by atoms with Crippen LogP contribution in [0.4, 0.5) is 5.69 Å². The van der Waals surface area contributed by atoms with Gasteiger partial charge in [0.25, 0.3) is 0 Å². The summed E-state index contributed by atoms with van der Waals surface area (Å²) in [5.41, 5.74) is 5.22. The van der Waals surface area contributed by atoms with Crippen molar-refractivity contribution in [3.63, 3.8) is 0 Å². The number of aryl methyl sites for hydroxylation is 2. The summed E-state index contributed by atoms with van der Waals surface area (Å²) in [7, 11) is 3.58. The molecule has 0 amide bonds. The van der Waals surface area contributed by atoms with E-state index in [-0.39, 0.29) is 12.6 Å². The van der Waals surface area contributed by atoms with Crippen molar-refractivity contribution in [1.82, 2.24) is 9.78 Å². The summed E-state index contributed by atoms with van der Waals surface area (Å²) in [6, 6.07) is 5.97. The van der Waals surface area contributed by atoms with Gasteiger partial charge in [-0.2, -0.15) is 5.10 Å². The topological polar surface area (TPSA) is 59.3 Å². The zero-order valence-corrected chi connectivity index (χ0v) is 14.0. The van der Waals surface area contributed by atoms with Crippen LogP contribution in [0, 0.1) is 13.8 Å². The molecule has 2 aromatic rings. The van der Waals surface area contributed by atoms with Crippen LogP contribution in [0.3, 0.4) is 0 Å². The van der Waals surface area contributed by atoms with E-state index in [1.807, 2.05) is 36.9 Å². The van der Waals surface area contributed by atoms with Crippen molar-refractivity contribution in [2.24, 2.45) is 7.05 Å². The van der Waals surface area contributed by atoms with Gasteiger partial charge in [-0.1, -0.05) is 6.92 Å². The third kappa shape index (κ3) is 3.09. The molecule has 0 bridgehead atoms. The van der Waals surface area contributed by atoms with Gasteiger partial charge in [-0.3, -0.25) is 4.68 Å². The molecule has 0 spiro atoms. The molecule has 0 aliphatic heterocycles. The SMILES string of the molecule is CCC(Nc1ccc(OC)c(CO)c1)c1c(C)nn(C)c1C. The molecule has 0 radical (unpaired) electrons. The minimum atomic E-state index is -0.0412. The van der Waals surface area contributed by atoms with Gasteiger partial charge in [-0.05, 0) is 38.5 Å². The highest BCUT2D eigenvalue weighted by atomic mass is 16.5. The molecule has 2 N–H and O–H groups in total. The number of nitrogens with one attached hydrogen (secondary N) is 1. The first kappa shape index (κ1) is 16.4. The zero-order valence-electron chi connectivity index (χ0n) is 14.0. The second-order valence-electron chi connectivity index (χ2n) is 5.50. The van der Waals surface area contributed by atoms with E-state index in [0.29, 0.717) is 5.75 Å². The molecule has 120 valence electrons. The van der Waals surface area contributed by atoms with Crippen LogP contribution in [-0.2, 0) is 13.7 Å². The Bertz CT molecular complexity index is 650. The summed E-state index contributed by atoms with van der Waals surface area (Å²) < 4.78 is 7.17. The van der Waals surface area contributed by atoms with Crippen molar-refractivity contribution in [3.8, 4) is 5.75 Å². The van der Waals surface area contributed by atoms with E-state index in [1.54, 1.807) is 7.11 Å². The summed E-state index contributed by atoms with van der Waals surface area (Å²) in [5, 5.41) is 17.5. The quantitative estimate of drug-likeness (QED) is 0.861. The predicted molar refractivity (Wildman–Crippen MR) is 88.3 cm³/mol. The average molecular weight is 303 g/mol. The van der Waals surface area contributed by atoms with Gasteiger partial charge in [0.05, 0.1) is 25.5 Å². The fraction of sp³-hybridized carbons (Fsp3) is 0.471. The van der Waals surface area contributed by atoms with Gasteiger partial charge in [0, 0.05) is 29.6 Å². The van der Waals surface area contributed by atoms with E-state index in [1.165, 1.54) is 11.3 Å². The van der Waals surface area contributed by atoms with Crippen LogP contribution in [0.1, 0.15) is 41.9 Å². The normalized spacial score (nSPS) is 12.3. The van der Waals surface area contributed by atoms with Gasteiger partial charge in [0.15, 0.2) is 0 Å². The first-order chi connectivity index (χ1) is 10.5. The third-order valence-corrected chi connectivity index (χ3v) is 4.11. The number of anilines is 1. The number of ether oxygens (including phenoxy) is 1. The number of aromatic nitrogens is 2. The standard InChI is InChI=1S/C17H25N3O2/c1-6-15(17-11(2)19-20(4)12(17)3)18-14-7-8-16(22-5)13(9-14)10-21/h7-9,15,18,21H,6,10H2,1-5H3. The fourth-order valence-corrected chi connectivity index (χ4v) is 2.87. The molecule has 5 nitrogen and oxygen atoms in total. The van der Waals surface area contributed by atoms with Crippen LogP contribution in [-0.4, -0.2) is 22.0 Å². The van der Waals surface area contributed by atoms with Crippen LogP contribution in [0.15, 0.2) is 18.2 Å². The minimum absolute atomic E-state index is 0.0412. The Morgan fingerprint density at radius 2 is 2.09 bits per heavy atom. The molecule has 0 saturated carbocycles. The third-order valence-electron chi connectivity index (χ3n) is 4.11. The lowest BCUT2D eigenvalue weighted by atomic mass is 10.0. The molecule has 1 atom stereocenters. The molecule has 0 aliphatic rings. The maximum Gasteiger partial charge on any atom is 0.124 e. The van der Waals surface area contributed by atoms with Crippen LogP contribution >= 0.6 is 0 Å². The Labute approximate surface area is 131 Å². The van der Waals surface area contributed by atoms with Crippen molar-refractivity contribution in [1.29, 1.82) is 0 Å². The highest BCUT2D eigenvalue weighted by molar-refractivity contribution is 5.53. The molecule has 5 heteroatoms. The first-order valence-electron chi connectivity index (χ1n) is 7.56. The summed E-state index contributed by atoms with van der Waals surface area (Å²) in [5.74, 6) is 0.704. The highest BCUT2D eigenvalue weighted by Crippen LogP contribution is 2.30. The number of benzene rings is 1. The highest BCUT2D eigenvalue weighted by Gasteiger charge is 2.19. The molecule has 1 aromatic heterocycles. The largest absolute Gasteiger partial charge is 0.496 e. The second-order valence-corrected chi connectivity index (χ2v) is 5.50. The number of rotatable bonds is 6. The summed E-state index contributed by atoms with van der Waals surface area (Å²) in [6.07, 6.45) is 0.952. The zero-order chi connectivity index (χ0) is 16.3. The first-order valence-corrected chi connectivity index (χ1v) is 7.56. The van der Waals surface area contributed by atoms with Crippen molar-refractivity contribution < 1.29 is 9.84 Å². The van der Waals surface area contributed by atoms with Crippen LogP contribution < -0.4 is 10.1 Å². The average Bonchev–Trinajstić information content (AvgIpc) is 2.77. The lowest BCUT2D eigenvalue weighted by Gasteiger charge is -2.20. The van der Waals surface area contributed by atoms with E-state index in [0.717, 1.165) is 23.4 Å². The summed E-state index contributed by atoms with van der Waals surface area (Å²) >= 11 is 0. The van der Waals surface area contributed by atoms with Crippen LogP contribution in [0.2, 0.25) is 0 Å². The monoisotopic (exact) mass is 303 g/mol. The maximum atomic E-state index is 9.45. The Morgan fingerprint density at radius 1 is 1.36 bits per heavy atom. The van der Waals surface area contributed by atoms with E-state index in [9.17, 15) is 5.11 Å². The molecule has 1 heterocycles. The van der Waals surface area contributed by atoms with Crippen molar-refractivity contribution >= 4 is 5.69 Å². The predicted octanol–water partition coefficient (Wildman–Crippen LogP) is 3.10. The molecule has 0 fully saturated rings. The second kappa shape index (κ2) is 6.83. The van der Waals surface area contributed by atoms with Gasteiger partial charge in [0.2, 0.25) is 0 Å². The van der Waals surface area contributed by atoms with Crippen LogP contribution in [0.5, 0.6) is 5.75 Å². The van der Waals surface area contributed by atoms with E-state index < -0.39 is 0 Å². The molecule has 22 heavy (non-hydrogen) atoms. The van der Waals surface area contributed by atoms with Crippen molar-refractivity contribution in [2.75, 3.05) is 12.4 Å². The Kier molecular flexibility index (Phi) is 5.08. The number of hydrogen-bond acceptors (Lipinski definition) is 4. The Balaban J connectivity index is 2.31. The molecule has 1 aromatic carbocycles. The van der Waals surface area contributed by atoms with E-state index in [4.69, 9.17) is 4.74 Å². The van der Waals surface area contributed by atoms with Gasteiger partial charge in [0.1, 0.15) is 5.75 Å². The van der Waals surface area contributed by atoms with Gasteiger partial charge < -0.3 is 15.2 Å². The molecular weight excluding hydrogens is 278 g/mol. The summed E-state index contributed by atoms with van der Waals surface area (Å²) in [6.45, 7) is 6.24. The van der Waals surface area contributed by atoms with Crippen molar-refractivity contribution in [3.05, 3.63) is 40.7 Å². The molecule has 0 aliphatic carbocycles. The number of nitrogens with zero attached hydrogens (tertiary/aromatic N) is 2. The molecular formula is C17H25N3O2. The maximum absolute atomic E-state index is 9.45. The number of aliphatic hydroxyl groups excluding tert-OH is 1.